The van der Waals surface area contributed by atoms with E-state index in [0.717, 1.165) is 35.5 Å². The van der Waals surface area contributed by atoms with Crippen molar-refractivity contribution in [2.45, 2.75) is 84.0 Å². The smallest absolute Gasteiger partial charge is 0.306 e. The first-order valence-electron chi connectivity index (χ1n) is 11.3. The van der Waals surface area contributed by atoms with Crippen molar-refractivity contribution in [3.63, 3.8) is 0 Å². The maximum absolute atomic E-state index is 12.5. The van der Waals surface area contributed by atoms with E-state index in [9.17, 15) is 9.59 Å². The molecule has 3 rings (SSSR count). The van der Waals surface area contributed by atoms with Gasteiger partial charge in [-0.2, -0.15) is 4.98 Å². The van der Waals surface area contributed by atoms with Gasteiger partial charge in [0, 0.05) is 18.0 Å². The highest BCUT2D eigenvalue weighted by Crippen LogP contribution is 2.33. The first-order chi connectivity index (χ1) is 14.8. The van der Waals surface area contributed by atoms with Gasteiger partial charge in [0.25, 0.3) is 5.91 Å². The Labute approximate surface area is 183 Å². The number of nitrogens with zero attached hydrogens (tertiary/aromatic N) is 2. The molecule has 1 fully saturated rings. The zero-order valence-corrected chi connectivity index (χ0v) is 18.9. The van der Waals surface area contributed by atoms with Crippen LogP contribution in [-0.2, 0) is 20.7 Å². The van der Waals surface area contributed by atoms with E-state index in [2.05, 4.69) is 43.2 Å². The Kier molecular flexibility index (Phi) is 7.82. The van der Waals surface area contributed by atoms with Crippen LogP contribution in [0.25, 0.3) is 0 Å². The SMILES string of the molecule is CC(C)c1cccc(C(C)C)c1NC(=O)COC(=O)CCc1nc(C2CCCC2)no1. The molecule has 31 heavy (non-hydrogen) atoms. The van der Waals surface area contributed by atoms with Gasteiger partial charge >= 0.3 is 5.97 Å². The Bertz CT molecular complexity index is 872. The van der Waals surface area contributed by atoms with E-state index in [1.54, 1.807) is 0 Å². The third kappa shape index (κ3) is 6.15. The largest absolute Gasteiger partial charge is 0.456 e. The number of esters is 1. The van der Waals surface area contributed by atoms with Crippen LogP contribution in [0.1, 0.15) is 100 Å². The monoisotopic (exact) mass is 427 g/mol. The molecule has 1 aromatic carbocycles. The summed E-state index contributed by atoms with van der Waals surface area (Å²) in [7, 11) is 0. The average Bonchev–Trinajstić information content (AvgIpc) is 3.42. The van der Waals surface area contributed by atoms with Crippen LogP contribution in [-0.4, -0.2) is 28.6 Å². The average molecular weight is 428 g/mol. The molecule has 0 atom stereocenters. The molecule has 1 aromatic heterocycles. The number of carbonyl (C=O) groups excluding carboxylic acids is 2. The molecule has 0 aliphatic heterocycles. The van der Waals surface area contributed by atoms with Crippen molar-refractivity contribution >= 4 is 17.6 Å². The standard InChI is InChI=1S/C24H33N3O4/c1-15(2)18-10-7-11-19(16(3)4)23(18)25-20(28)14-30-22(29)13-12-21-26-24(27-31-21)17-8-5-6-9-17/h7,10-11,15-17H,5-6,8-9,12-14H2,1-4H3,(H,25,28). The molecular weight excluding hydrogens is 394 g/mol. The fraction of sp³-hybridized carbons (Fsp3) is 0.583. The number of aryl methyl sites for hydroxylation is 1. The van der Waals surface area contributed by atoms with Crippen LogP contribution in [0.3, 0.4) is 0 Å². The van der Waals surface area contributed by atoms with Crippen LogP contribution in [0.2, 0.25) is 0 Å². The van der Waals surface area contributed by atoms with Crippen molar-refractivity contribution < 1.29 is 18.8 Å². The summed E-state index contributed by atoms with van der Waals surface area (Å²) in [6.07, 6.45) is 4.99. The molecule has 0 radical (unpaired) electrons. The van der Waals surface area contributed by atoms with Crippen molar-refractivity contribution in [2.24, 2.45) is 0 Å². The number of hydrogen-bond acceptors (Lipinski definition) is 6. The van der Waals surface area contributed by atoms with Gasteiger partial charge in [-0.3, -0.25) is 9.59 Å². The summed E-state index contributed by atoms with van der Waals surface area (Å²) in [6, 6.07) is 6.04. The molecule has 1 N–H and O–H groups in total. The molecule has 0 bridgehead atoms. The van der Waals surface area contributed by atoms with E-state index in [0.29, 0.717) is 18.2 Å². The van der Waals surface area contributed by atoms with Gasteiger partial charge < -0.3 is 14.6 Å². The minimum atomic E-state index is -0.461. The number of nitrogens with one attached hydrogen (secondary N) is 1. The van der Waals surface area contributed by atoms with E-state index in [1.807, 2.05) is 18.2 Å². The topological polar surface area (TPSA) is 94.3 Å². The first-order valence-corrected chi connectivity index (χ1v) is 11.3. The van der Waals surface area contributed by atoms with Gasteiger partial charge in [-0.05, 0) is 35.8 Å². The molecule has 1 aliphatic rings. The summed E-state index contributed by atoms with van der Waals surface area (Å²) in [5, 5.41) is 6.99. The van der Waals surface area contributed by atoms with Crippen molar-refractivity contribution in [1.29, 1.82) is 0 Å². The normalized spacial score (nSPS) is 14.4. The van der Waals surface area contributed by atoms with Crippen LogP contribution in [0.5, 0.6) is 0 Å². The summed E-state index contributed by atoms with van der Waals surface area (Å²) in [5.41, 5.74) is 2.96. The number of amides is 1. The number of ether oxygens (including phenoxy) is 1. The van der Waals surface area contributed by atoms with Crippen LogP contribution >= 0.6 is 0 Å². The molecule has 0 saturated heterocycles. The van der Waals surface area contributed by atoms with Gasteiger partial charge in [-0.1, -0.05) is 63.9 Å². The van der Waals surface area contributed by atoms with Gasteiger partial charge in [0.15, 0.2) is 12.4 Å². The fourth-order valence-electron chi connectivity index (χ4n) is 4.02. The van der Waals surface area contributed by atoms with Crippen molar-refractivity contribution in [3.05, 3.63) is 41.0 Å². The second kappa shape index (κ2) is 10.6. The zero-order valence-electron chi connectivity index (χ0n) is 18.9. The molecule has 168 valence electrons. The molecule has 7 heteroatoms. The van der Waals surface area contributed by atoms with Crippen LogP contribution < -0.4 is 5.32 Å². The molecule has 7 nitrogen and oxygen atoms in total. The molecular formula is C24H33N3O4. The van der Waals surface area contributed by atoms with E-state index in [1.165, 1.54) is 12.8 Å². The highest BCUT2D eigenvalue weighted by molar-refractivity contribution is 5.94. The second-order valence-corrected chi connectivity index (χ2v) is 8.86. The van der Waals surface area contributed by atoms with E-state index >= 15 is 0 Å². The maximum atomic E-state index is 12.5. The summed E-state index contributed by atoms with van der Waals surface area (Å²) >= 11 is 0. The summed E-state index contributed by atoms with van der Waals surface area (Å²) in [5.74, 6) is 1.28. The maximum Gasteiger partial charge on any atom is 0.306 e. The van der Waals surface area contributed by atoms with Crippen molar-refractivity contribution in [2.75, 3.05) is 11.9 Å². The number of carbonyl (C=O) groups is 2. The fourth-order valence-corrected chi connectivity index (χ4v) is 4.02. The molecule has 1 amide bonds. The lowest BCUT2D eigenvalue weighted by atomic mass is 9.92. The number of rotatable bonds is 9. The van der Waals surface area contributed by atoms with Crippen molar-refractivity contribution in [3.8, 4) is 0 Å². The van der Waals surface area contributed by atoms with Crippen LogP contribution in [0.15, 0.2) is 22.7 Å². The quantitative estimate of drug-likeness (QED) is 0.560. The molecule has 0 spiro atoms. The summed E-state index contributed by atoms with van der Waals surface area (Å²) < 4.78 is 10.4. The number of aromatic nitrogens is 2. The predicted octanol–water partition coefficient (Wildman–Crippen LogP) is 5.09. The van der Waals surface area contributed by atoms with E-state index in [4.69, 9.17) is 9.26 Å². The number of hydrogen-bond donors (Lipinski definition) is 1. The van der Waals surface area contributed by atoms with Crippen LogP contribution in [0.4, 0.5) is 5.69 Å². The molecule has 1 aliphatic carbocycles. The highest BCUT2D eigenvalue weighted by atomic mass is 16.5. The molecule has 1 heterocycles. The minimum absolute atomic E-state index is 0.0966. The van der Waals surface area contributed by atoms with Gasteiger partial charge in [0.1, 0.15) is 0 Å². The Morgan fingerprint density at radius 2 is 1.77 bits per heavy atom. The lowest BCUT2D eigenvalue weighted by molar-refractivity contribution is -0.147. The van der Waals surface area contributed by atoms with E-state index < -0.39 is 5.97 Å². The van der Waals surface area contributed by atoms with Crippen molar-refractivity contribution in [1.82, 2.24) is 10.1 Å². The Morgan fingerprint density at radius 3 is 2.39 bits per heavy atom. The minimum Gasteiger partial charge on any atom is -0.456 e. The number of benzene rings is 1. The Balaban J connectivity index is 1.49. The lowest BCUT2D eigenvalue weighted by Crippen LogP contribution is -2.22. The first kappa shape index (κ1) is 23.0. The van der Waals surface area contributed by atoms with Crippen LogP contribution in [0, 0.1) is 0 Å². The number of anilines is 1. The molecule has 1 saturated carbocycles. The third-order valence-corrected chi connectivity index (χ3v) is 5.75. The van der Waals surface area contributed by atoms with Gasteiger partial charge in [-0.25, -0.2) is 0 Å². The summed E-state index contributed by atoms with van der Waals surface area (Å²) in [6.45, 7) is 8.03. The Morgan fingerprint density at radius 1 is 1.13 bits per heavy atom. The lowest BCUT2D eigenvalue weighted by Gasteiger charge is -2.20. The molecule has 2 aromatic rings. The third-order valence-electron chi connectivity index (χ3n) is 5.75. The second-order valence-electron chi connectivity index (χ2n) is 8.86. The Hall–Kier alpha value is -2.70. The highest BCUT2D eigenvalue weighted by Gasteiger charge is 2.22. The molecule has 0 unspecified atom stereocenters. The van der Waals surface area contributed by atoms with Gasteiger partial charge in [0.2, 0.25) is 5.89 Å². The number of para-hydroxylation sites is 1. The summed E-state index contributed by atoms with van der Waals surface area (Å²) in [4.78, 5) is 29.0. The zero-order chi connectivity index (χ0) is 22.4. The van der Waals surface area contributed by atoms with Gasteiger partial charge in [0.05, 0.1) is 6.42 Å². The van der Waals surface area contributed by atoms with Gasteiger partial charge in [-0.15, -0.1) is 0 Å². The predicted molar refractivity (Wildman–Crippen MR) is 118 cm³/mol. The van der Waals surface area contributed by atoms with E-state index in [-0.39, 0.29) is 30.8 Å².